The molecule has 0 aliphatic carbocycles. The van der Waals surface area contributed by atoms with E-state index in [1.54, 1.807) is 23.3 Å². The zero-order valence-corrected chi connectivity index (χ0v) is 17.0. The summed E-state index contributed by atoms with van der Waals surface area (Å²) in [5.41, 5.74) is 3.54. The normalized spacial score (nSPS) is 13.1. The molecule has 4 rings (SSSR count). The van der Waals surface area contributed by atoms with E-state index in [4.69, 9.17) is 4.42 Å². The molecule has 1 N–H and O–H groups in total. The zero-order chi connectivity index (χ0) is 21.3. The van der Waals surface area contributed by atoms with E-state index >= 15 is 0 Å². The van der Waals surface area contributed by atoms with Gasteiger partial charge in [-0.1, -0.05) is 12.1 Å². The molecular weight excluding hydrogens is 383 g/mol. The van der Waals surface area contributed by atoms with Crippen molar-refractivity contribution in [3.05, 3.63) is 70.6 Å². The summed E-state index contributed by atoms with van der Waals surface area (Å²) in [4.78, 5) is 14.7. The minimum absolute atomic E-state index is 0.0167. The third-order valence-corrected chi connectivity index (χ3v) is 5.69. The number of nitrogens with zero attached hydrogens (tertiary/aromatic N) is 3. The Morgan fingerprint density at radius 1 is 1.30 bits per heavy atom. The van der Waals surface area contributed by atoms with Crippen molar-refractivity contribution in [3.63, 3.8) is 0 Å². The average Bonchev–Trinajstić information content (AvgIpc) is 3.31. The number of halogens is 1. The van der Waals surface area contributed by atoms with E-state index in [1.165, 1.54) is 6.07 Å². The molecule has 1 amide bonds. The van der Waals surface area contributed by atoms with Crippen LogP contribution in [-0.2, 0) is 17.8 Å². The number of carbonyl (C=O) groups is 1. The van der Waals surface area contributed by atoms with Gasteiger partial charge in [0.05, 0.1) is 30.6 Å². The summed E-state index contributed by atoms with van der Waals surface area (Å²) < 4.78 is 21.7. The summed E-state index contributed by atoms with van der Waals surface area (Å²) >= 11 is 0. The van der Waals surface area contributed by atoms with Gasteiger partial charge < -0.3 is 19.2 Å². The van der Waals surface area contributed by atoms with Gasteiger partial charge in [0.2, 0.25) is 5.91 Å². The van der Waals surface area contributed by atoms with Crippen LogP contribution in [0.1, 0.15) is 34.6 Å². The number of nitrogens with one attached hydrogen (secondary N) is 1. The van der Waals surface area contributed by atoms with Gasteiger partial charge in [-0.25, -0.2) is 4.39 Å². The number of aryl methyl sites for hydroxylation is 1. The maximum Gasteiger partial charge on any atom is 0.245 e. The Kier molecular flexibility index (Phi) is 5.32. The number of aromatic nitrogens is 1. The third-order valence-electron chi connectivity index (χ3n) is 5.69. The van der Waals surface area contributed by atoms with Crippen molar-refractivity contribution in [2.24, 2.45) is 0 Å². The molecule has 2 aromatic heterocycles. The minimum Gasteiger partial charge on any atom is -0.467 e. The van der Waals surface area contributed by atoms with E-state index in [-0.39, 0.29) is 18.3 Å². The fourth-order valence-electron chi connectivity index (χ4n) is 4.08. The van der Waals surface area contributed by atoms with Gasteiger partial charge in [-0.05, 0) is 56.0 Å². The summed E-state index contributed by atoms with van der Waals surface area (Å²) in [6.45, 7) is 4.79. The van der Waals surface area contributed by atoms with E-state index in [0.717, 1.165) is 35.4 Å². The fourth-order valence-corrected chi connectivity index (χ4v) is 4.08. The van der Waals surface area contributed by atoms with Crippen LogP contribution in [0.4, 0.5) is 15.9 Å². The van der Waals surface area contributed by atoms with Crippen LogP contribution in [0.2, 0.25) is 0 Å². The molecule has 6 nitrogen and oxygen atoms in total. The molecule has 0 saturated carbocycles. The molecule has 0 atom stereocenters. The lowest BCUT2D eigenvalue weighted by Crippen LogP contribution is -2.37. The lowest BCUT2D eigenvalue weighted by atomic mass is 10.0. The lowest BCUT2D eigenvalue weighted by molar-refractivity contribution is -0.115. The second-order valence-corrected chi connectivity index (χ2v) is 7.53. The van der Waals surface area contributed by atoms with Crippen LogP contribution in [0.3, 0.4) is 0 Å². The average molecular weight is 406 g/mol. The zero-order valence-electron chi connectivity index (χ0n) is 17.0. The molecule has 7 heteroatoms. The molecule has 1 aliphatic rings. The van der Waals surface area contributed by atoms with Crippen LogP contribution in [0.15, 0.2) is 41.0 Å². The number of hydrogen-bond donors (Lipinski definition) is 1. The number of rotatable bonds is 5. The molecule has 0 bridgehead atoms. The van der Waals surface area contributed by atoms with Crippen molar-refractivity contribution in [2.45, 2.75) is 33.2 Å². The molecule has 3 heterocycles. The number of benzene rings is 1. The van der Waals surface area contributed by atoms with Crippen molar-refractivity contribution in [2.75, 3.05) is 23.3 Å². The summed E-state index contributed by atoms with van der Waals surface area (Å²) in [7, 11) is 0. The van der Waals surface area contributed by atoms with E-state index in [1.807, 2.05) is 30.5 Å². The van der Waals surface area contributed by atoms with E-state index in [2.05, 4.69) is 11.4 Å². The first-order chi connectivity index (χ1) is 14.5. The van der Waals surface area contributed by atoms with Crippen molar-refractivity contribution < 1.29 is 13.6 Å². The smallest absolute Gasteiger partial charge is 0.245 e. The number of anilines is 2. The number of hydrogen-bond acceptors (Lipinski definition) is 4. The van der Waals surface area contributed by atoms with Gasteiger partial charge in [0.15, 0.2) is 0 Å². The molecule has 0 radical (unpaired) electrons. The van der Waals surface area contributed by atoms with Gasteiger partial charge in [-0.3, -0.25) is 4.79 Å². The Labute approximate surface area is 174 Å². The van der Waals surface area contributed by atoms with Gasteiger partial charge in [-0.15, -0.1) is 0 Å². The van der Waals surface area contributed by atoms with Crippen LogP contribution >= 0.6 is 0 Å². The highest BCUT2D eigenvalue weighted by Crippen LogP contribution is 2.31. The predicted octanol–water partition coefficient (Wildman–Crippen LogP) is 4.15. The topological polar surface area (TPSA) is 74.2 Å². The van der Waals surface area contributed by atoms with Gasteiger partial charge in [0, 0.05) is 12.2 Å². The van der Waals surface area contributed by atoms with Crippen LogP contribution < -0.4 is 10.2 Å². The first-order valence-corrected chi connectivity index (χ1v) is 9.94. The minimum atomic E-state index is -0.314. The molecule has 1 aromatic carbocycles. The standard InChI is InChI=1S/C23H23FN4O2/c1-15-16(2)28(13-18-8-5-11-30-18)23(19(15)12-25)26-21(29)14-27-10-4-7-17-6-3-9-20(24)22(17)27/h3,5-6,8-9,11H,4,7,10,13-14H2,1-2H3,(H,26,29). The molecule has 154 valence electrons. The summed E-state index contributed by atoms with van der Waals surface area (Å²) in [6.07, 6.45) is 3.25. The highest BCUT2D eigenvalue weighted by molar-refractivity contribution is 5.95. The monoisotopic (exact) mass is 406 g/mol. The summed E-state index contributed by atoms with van der Waals surface area (Å²) in [5, 5.41) is 12.6. The molecule has 0 fully saturated rings. The number of nitriles is 1. The third kappa shape index (κ3) is 3.57. The lowest BCUT2D eigenvalue weighted by Gasteiger charge is -2.31. The SMILES string of the molecule is Cc1c(C#N)c(NC(=O)CN2CCCc3cccc(F)c32)n(Cc2ccco2)c1C. The fraction of sp³-hybridized carbons (Fsp3) is 0.304. The Bertz CT molecular complexity index is 1130. The first-order valence-electron chi connectivity index (χ1n) is 9.94. The van der Waals surface area contributed by atoms with Crippen molar-refractivity contribution in [3.8, 4) is 6.07 Å². The summed E-state index contributed by atoms with van der Waals surface area (Å²) in [6, 6.07) is 10.9. The Morgan fingerprint density at radius 3 is 2.87 bits per heavy atom. The molecule has 3 aromatic rings. The van der Waals surface area contributed by atoms with E-state index < -0.39 is 0 Å². The van der Waals surface area contributed by atoms with Gasteiger partial charge in [0.25, 0.3) is 0 Å². The number of para-hydroxylation sites is 1. The molecule has 0 saturated heterocycles. The van der Waals surface area contributed by atoms with Crippen LogP contribution in [0.25, 0.3) is 0 Å². The van der Waals surface area contributed by atoms with Gasteiger partial charge in [0.1, 0.15) is 23.5 Å². The van der Waals surface area contributed by atoms with Crippen molar-refractivity contribution >= 4 is 17.4 Å². The highest BCUT2D eigenvalue weighted by Gasteiger charge is 2.25. The Balaban J connectivity index is 1.60. The molecule has 30 heavy (non-hydrogen) atoms. The van der Waals surface area contributed by atoms with Crippen molar-refractivity contribution in [1.29, 1.82) is 5.26 Å². The summed E-state index contributed by atoms with van der Waals surface area (Å²) in [5.74, 6) is 0.561. The number of amides is 1. The van der Waals surface area contributed by atoms with Gasteiger partial charge >= 0.3 is 0 Å². The predicted molar refractivity (Wildman–Crippen MR) is 112 cm³/mol. The van der Waals surface area contributed by atoms with E-state index in [9.17, 15) is 14.4 Å². The molecule has 0 spiro atoms. The maximum atomic E-state index is 14.4. The number of furan rings is 1. The Morgan fingerprint density at radius 2 is 2.13 bits per heavy atom. The maximum absolute atomic E-state index is 14.4. The number of carbonyl (C=O) groups excluding carboxylic acids is 1. The highest BCUT2D eigenvalue weighted by atomic mass is 19.1. The molecule has 0 unspecified atom stereocenters. The van der Waals surface area contributed by atoms with E-state index in [0.29, 0.717) is 30.2 Å². The number of fused-ring (bicyclic) bond motifs is 1. The van der Waals surface area contributed by atoms with Crippen LogP contribution in [0, 0.1) is 31.0 Å². The van der Waals surface area contributed by atoms with Crippen LogP contribution in [-0.4, -0.2) is 23.6 Å². The quantitative estimate of drug-likeness (QED) is 0.691. The Hall–Kier alpha value is -3.53. The first kappa shape index (κ1) is 19.8. The van der Waals surface area contributed by atoms with Crippen LogP contribution in [0.5, 0.6) is 0 Å². The van der Waals surface area contributed by atoms with Crippen molar-refractivity contribution in [1.82, 2.24) is 4.57 Å². The second-order valence-electron chi connectivity index (χ2n) is 7.53. The second kappa shape index (κ2) is 8.07. The van der Waals surface area contributed by atoms with Gasteiger partial charge in [-0.2, -0.15) is 5.26 Å². The largest absolute Gasteiger partial charge is 0.467 e. The molecule has 1 aliphatic heterocycles. The molecular formula is C23H23FN4O2.